The molecule has 3 heteroatoms. The highest BCUT2D eigenvalue weighted by Crippen LogP contribution is 2.17. The van der Waals surface area contributed by atoms with E-state index in [0.717, 1.165) is 11.1 Å². The van der Waals surface area contributed by atoms with Gasteiger partial charge >= 0.3 is 0 Å². The minimum atomic E-state index is -0.163. The Morgan fingerprint density at radius 3 is 2.42 bits per heavy atom. The molecule has 19 heavy (non-hydrogen) atoms. The fourth-order valence-corrected chi connectivity index (χ4v) is 2.07. The molecule has 2 aromatic rings. The number of benzene rings is 2. The lowest BCUT2D eigenvalue weighted by molar-refractivity contribution is -0.122. The highest BCUT2D eigenvalue weighted by atomic mass is 35.5. The van der Waals surface area contributed by atoms with Crippen LogP contribution in [0.25, 0.3) is 0 Å². The molecule has 0 bridgehead atoms. The van der Waals surface area contributed by atoms with Gasteiger partial charge in [0.1, 0.15) is 0 Å². The van der Waals surface area contributed by atoms with Crippen molar-refractivity contribution in [2.45, 2.75) is 19.4 Å². The lowest BCUT2D eigenvalue weighted by Crippen LogP contribution is -2.27. The lowest BCUT2D eigenvalue weighted by atomic mass is 10.0. The molecule has 0 saturated carbocycles. The van der Waals surface area contributed by atoms with E-state index in [2.05, 4.69) is 5.32 Å². The molecule has 0 spiro atoms. The van der Waals surface area contributed by atoms with Crippen LogP contribution in [0.3, 0.4) is 0 Å². The molecule has 0 aliphatic heterocycles. The minimum absolute atomic E-state index is 0.00567. The summed E-state index contributed by atoms with van der Waals surface area (Å²) in [4.78, 5) is 12.1. The first kappa shape index (κ1) is 13.6. The Balaban J connectivity index is 1.97. The highest BCUT2D eigenvalue weighted by Gasteiger charge is 2.14. The van der Waals surface area contributed by atoms with E-state index in [1.165, 1.54) is 0 Å². The molecule has 0 aromatic heterocycles. The van der Waals surface area contributed by atoms with Gasteiger partial charge in [-0.1, -0.05) is 60.1 Å². The van der Waals surface area contributed by atoms with Gasteiger partial charge in [0.15, 0.2) is 0 Å². The van der Waals surface area contributed by atoms with E-state index in [4.69, 9.17) is 11.6 Å². The Bertz CT molecular complexity index is 554. The molecule has 1 amide bonds. The van der Waals surface area contributed by atoms with Crippen LogP contribution in [-0.4, -0.2) is 5.91 Å². The third kappa shape index (κ3) is 3.58. The molecule has 1 atom stereocenters. The van der Waals surface area contributed by atoms with Crippen molar-refractivity contribution in [2.24, 2.45) is 0 Å². The number of nitrogens with one attached hydrogen (secondary N) is 1. The molecule has 1 N–H and O–H groups in total. The molecule has 1 unspecified atom stereocenters. The normalized spacial score (nSPS) is 11.9. The number of hydrogen-bond acceptors (Lipinski definition) is 1. The molecule has 0 radical (unpaired) electrons. The Kier molecular flexibility index (Phi) is 4.58. The summed E-state index contributed by atoms with van der Waals surface area (Å²) in [6.07, 6.45) is 0. The summed E-state index contributed by atoms with van der Waals surface area (Å²) in [5.41, 5.74) is 1.94. The summed E-state index contributed by atoms with van der Waals surface area (Å²) >= 11 is 6.05. The van der Waals surface area contributed by atoms with Crippen LogP contribution >= 0.6 is 11.6 Å². The summed E-state index contributed by atoms with van der Waals surface area (Å²) < 4.78 is 0. The van der Waals surface area contributed by atoms with Gasteiger partial charge in [-0.15, -0.1) is 0 Å². The van der Waals surface area contributed by atoms with E-state index in [0.29, 0.717) is 11.6 Å². The molecule has 2 rings (SSSR count). The average Bonchev–Trinajstić information content (AvgIpc) is 2.46. The van der Waals surface area contributed by atoms with Crippen LogP contribution in [0.1, 0.15) is 24.0 Å². The third-order valence-corrected chi connectivity index (χ3v) is 3.47. The fraction of sp³-hybridized carbons (Fsp3) is 0.188. The Labute approximate surface area is 118 Å². The van der Waals surface area contributed by atoms with E-state index < -0.39 is 0 Å². The fourth-order valence-electron chi connectivity index (χ4n) is 1.87. The van der Waals surface area contributed by atoms with Crippen LogP contribution in [0.15, 0.2) is 54.6 Å². The van der Waals surface area contributed by atoms with Crippen molar-refractivity contribution < 1.29 is 4.79 Å². The zero-order valence-electron chi connectivity index (χ0n) is 10.8. The van der Waals surface area contributed by atoms with Gasteiger partial charge in [-0.05, 0) is 24.1 Å². The Morgan fingerprint density at radius 2 is 1.74 bits per heavy atom. The van der Waals surface area contributed by atoms with Gasteiger partial charge in [0.05, 0.1) is 5.92 Å². The summed E-state index contributed by atoms with van der Waals surface area (Å²) in [7, 11) is 0. The van der Waals surface area contributed by atoms with Crippen LogP contribution in [0.2, 0.25) is 5.02 Å². The molecule has 0 saturated heterocycles. The molecular formula is C16H16ClNO. The summed E-state index contributed by atoms with van der Waals surface area (Å²) in [6.45, 7) is 2.35. The number of carbonyl (C=O) groups is 1. The Hall–Kier alpha value is -1.80. The van der Waals surface area contributed by atoms with Crippen molar-refractivity contribution in [3.8, 4) is 0 Å². The number of hydrogen-bond donors (Lipinski definition) is 1. The Morgan fingerprint density at radius 1 is 1.11 bits per heavy atom. The van der Waals surface area contributed by atoms with Crippen molar-refractivity contribution in [3.63, 3.8) is 0 Å². The van der Waals surface area contributed by atoms with Crippen LogP contribution in [0.5, 0.6) is 0 Å². The van der Waals surface area contributed by atoms with E-state index in [-0.39, 0.29) is 11.8 Å². The second-order valence-corrected chi connectivity index (χ2v) is 4.85. The van der Waals surface area contributed by atoms with Crippen molar-refractivity contribution in [1.82, 2.24) is 5.32 Å². The number of halogens is 1. The van der Waals surface area contributed by atoms with Gasteiger partial charge < -0.3 is 5.32 Å². The topological polar surface area (TPSA) is 29.1 Å². The quantitative estimate of drug-likeness (QED) is 0.903. The van der Waals surface area contributed by atoms with E-state index in [1.807, 2.05) is 61.5 Å². The monoisotopic (exact) mass is 273 g/mol. The maximum absolute atomic E-state index is 12.1. The van der Waals surface area contributed by atoms with Crippen LogP contribution < -0.4 is 5.32 Å². The zero-order chi connectivity index (χ0) is 13.7. The van der Waals surface area contributed by atoms with Crippen LogP contribution in [-0.2, 0) is 11.3 Å². The lowest BCUT2D eigenvalue weighted by Gasteiger charge is -2.13. The first-order chi connectivity index (χ1) is 9.18. The van der Waals surface area contributed by atoms with Gasteiger partial charge in [0.25, 0.3) is 0 Å². The highest BCUT2D eigenvalue weighted by molar-refractivity contribution is 6.31. The number of rotatable bonds is 4. The molecule has 0 aliphatic carbocycles. The summed E-state index contributed by atoms with van der Waals surface area (Å²) in [5.74, 6) is -0.158. The largest absolute Gasteiger partial charge is 0.351 e. The van der Waals surface area contributed by atoms with Gasteiger partial charge in [-0.2, -0.15) is 0 Å². The standard InChI is InChI=1S/C16H16ClNO/c1-12(13-7-3-2-4-8-13)16(19)18-11-14-9-5-6-10-15(14)17/h2-10,12H,11H2,1H3,(H,18,19). The van der Waals surface area contributed by atoms with Gasteiger partial charge in [0, 0.05) is 11.6 Å². The maximum atomic E-state index is 12.1. The molecule has 2 nitrogen and oxygen atoms in total. The second-order valence-electron chi connectivity index (χ2n) is 4.44. The predicted molar refractivity (Wildman–Crippen MR) is 78.2 cm³/mol. The van der Waals surface area contributed by atoms with Gasteiger partial charge in [0.2, 0.25) is 5.91 Å². The second kappa shape index (κ2) is 6.39. The van der Waals surface area contributed by atoms with Crippen molar-refractivity contribution >= 4 is 17.5 Å². The smallest absolute Gasteiger partial charge is 0.227 e. The van der Waals surface area contributed by atoms with E-state index in [9.17, 15) is 4.79 Å². The molecular weight excluding hydrogens is 258 g/mol. The van der Waals surface area contributed by atoms with Crippen LogP contribution in [0.4, 0.5) is 0 Å². The zero-order valence-corrected chi connectivity index (χ0v) is 11.5. The molecule has 0 aliphatic rings. The van der Waals surface area contributed by atoms with Crippen molar-refractivity contribution in [1.29, 1.82) is 0 Å². The average molecular weight is 274 g/mol. The molecule has 0 fully saturated rings. The molecule has 2 aromatic carbocycles. The predicted octanol–water partition coefficient (Wildman–Crippen LogP) is 3.76. The first-order valence-corrected chi connectivity index (χ1v) is 6.62. The number of carbonyl (C=O) groups excluding carboxylic acids is 1. The van der Waals surface area contributed by atoms with E-state index >= 15 is 0 Å². The third-order valence-electron chi connectivity index (χ3n) is 3.10. The van der Waals surface area contributed by atoms with Crippen molar-refractivity contribution in [2.75, 3.05) is 0 Å². The van der Waals surface area contributed by atoms with Gasteiger partial charge in [-0.25, -0.2) is 0 Å². The van der Waals surface area contributed by atoms with E-state index in [1.54, 1.807) is 0 Å². The first-order valence-electron chi connectivity index (χ1n) is 6.24. The summed E-state index contributed by atoms with van der Waals surface area (Å²) in [5, 5.41) is 3.59. The molecule has 98 valence electrons. The summed E-state index contributed by atoms with van der Waals surface area (Å²) in [6, 6.07) is 17.3. The molecule has 0 heterocycles. The van der Waals surface area contributed by atoms with Crippen molar-refractivity contribution in [3.05, 3.63) is 70.7 Å². The van der Waals surface area contributed by atoms with Gasteiger partial charge in [-0.3, -0.25) is 4.79 Å². The number of amides is 1. The minimum Gasteiger partial charge on any atom is -0.351 e. The maximum Gasteiger partial charge on any atom is 0.227 e. The SMILES string of the molecule is CC(C(=O)NCc1ccccc1Cl)c1ccccc1. The van der Waals surface area contributed by atoms with Crippen LogP contribution in [0, 0.1) is 0 Å².